The van der Waals surface area contributed by atoms with Gasteiger partial charge in [0.15, 0.2) is 6.61 Å². The van der Waals surface area contributed by atoms with Crippen molar-refractivity contribution < 1.29 is 22.7 Å². The Balaban J connectivity index is 1.52. The zero-order valence-electron chi connectivity index (χ0n) is 19.3. The number of Topliss-reactive ketones (excluding diaryl/α,β-unsaturated/α-hetero) is 1. The van der Waals surface area contributed by atoms with Crippen molar-refractivity contribution in [3.05, 3.63) is 82.3 Å². The molecule has 3 N–H and O–H groups in total. The number of nitrogens with zero attached hydrogens (tertiary/aromatic N) is 1. The number of ether oxygens (including phenoxy) is 1. The zero-order chi connectivity index (χ0) is 24.8. The van der Waals surface area contributed by atoms with Crippen LogP contribution in [0.3, 0.4) is 0 Å². The molecule has 0 radical (unpaired) electrons. The first kappa shape index (κ1) is 23.5. The third-order valence-electron chi connectivity index (χ3n) is 6.03. The summed E-state index contributed by atoms with van der Waals surface area (Å²) in [5.74, 6) is -0.899. The molecule has 4 rings (SSSR count). The lowest BCUT2D eigenvalue weighted by atomic mass is 10.1. The van der Waals surface area contributed by atoms with E-state index in [2.05, 4.69) is 4.98 Å². The maximum absolute atomic E-state index is 12.9. The maximum atomic E-state index is 12.9. The monoisotopic (exact) mass is 479 g/mol. The summed E-state index contributed by atoms with van der Waals surface area (Å²) in [6, 6.07) is 13.0. The van der Waals surface area contributed by atoms with E-state index >= 15 is 0 Å². The summed E-state index contributed by atoms with van der Waals surface area (Å²) in [6.07, 6.45) is 0. The standard InChI is InChI=1S/C25H25N3O5S/c1-14-11-22(17(4)28(14)19-6-8-20(9-7-19)34(26,31)32)24(29)13-33-25(30)18-5-10-23-21(12-18)15(2)16(3)27-23/h5-12,27H,13H2,1-4H3,(H2,26,31,32). The number of primary sulfonamides is 1. The minimum absolute atomic E-state index is 0.00473. The number of nitrogens with one attached hydrogen (secondary N) is 1. The van der Waals surface area contributed by atoms with E-state index in [0.29, 0.717) is 22.5 Å². The van der Waals surface area contributed by atoms with Crippen molar-refractivity contribution in [2.45, 2.75) is 32.6 Å². The summed E-state index contributed by atoms with van der Waals surface area (Å²) in [5.41, 5.74) is 5.95. The number of carbonyl (C=O) groups excluding carboxylic acids is 2. The molecule has 2 aromatic heterocycles. The van der Waals surface area contributed by atoms with Gasteiger partial charge in [-0.15, -0.1) is 0 Å². The van der Waals surface area contributed by atoms with Gasteiger partial charge in [0.05, 0.1) is 10.5 Å². The molecule has 0 aliphatic heterocycles. The summed E-state index contributed by atoms with van der Waals surface area (Å²) in [5, 5.41) is 6.10. The summed E-state index contributed by atoms with van der Waals surface area (Å²) in [6.45, 7) is 7.17. The first-order chi connectivity index (χ1) is 16.0. The molecular weight excluding hydrogens is 454 g/mol. The van der Waals surface area contributed by atoms with Crippen molar-refractivity contribution in [1.29, 1.82) is 0 Å². The molecule has 0 aliphatic carbocycles. The van der Waals surface area contributed by atoms with Crippen molar-refractivity contribution in [2.75, 3.05) is 6.61 Å². The second kappa shape index (κ2) is 8.58. The Kier molecular flexibility index (Phi) is 5.93. The number of aromatic amines is 1. The van der Waals surface area contributed by atoms with Crippen molar-refractivity contribution >= 4 is 32.7 Å². The number of hydrogen-bond donors (Lipinski definition) is 2. The second-order valence-corrected chi connectivity index (χ2v) is 9.86. The highest BCUT2D eigenvalue weighted by atomic mass is 32.2. The van der Waals surface area contributed by atoms with Gasteiger partial charge in [0, 0.05) is 39.2 Å². The highest BCUT2D eigenvalue weighted by Gasteiger charge is 2.19. The number of ketones is 1. The smallest absolute Gasteiger partial charge is 0.338 e. The molecule has 2 heterocycles. The number of aryl methyl sites for hydroxylation is 3. The lowest BCUT2D eigenvalue weighted by Crippen LogP contribution is -2.15. The van der Waals surface area contributed by atoms with Gasteiger partial charge in [0.1, 0.15) is 0 Å². The molecule has 0 aliphatic rings. The average Bonchev–Trinajstić information content (AvgIpc) is 3.25. The topological polar surface area (TPSA) is 124 Å². The third-order valence-corrected chi connectivity index (χ3v) is 6.96. The van der Waals surface area contributed by atoms with Crippen LogP contribution in [0.4, 0.5) is 0 Å². The Hall–Kier alpha value is -3.69. The van der Waals surface area contributed by atoms with Crippen LogP contribution in [0.25, 0.3) is 16.6 Å². The first-order valence-electron chi connectivity index (χ1n) is 10.6. The van der Waals surface area contributed by atoms with Gasteiger partial charge in [-0.3, -0.25) is 4.79 Å². The maximum Gasteiger partial charge on any atom is 0.338 e. The average molecular weight is 480 g/mol. The fourth-order valence-corrected chi connectivity index (χ4v) is 4.62. The normalized spacial score (nSPS) is 11.7. The lowest BCUT2D eigenvalue weighted by molar-refractivity contribution is 0.0474. The Morgan fingerprint density at radius 1 is 1.00 bits per heavy atom. The Bertz CT molecular complexity index is 1540. The predicted molar refractivity (Wildman–Crippen MR) is 129 cm³/mol. The van der Waals surface area contributed by atoms with E-state index in [1.54, 1.807) is 37.3 Å². The molecule has 0 spiro atoms. The van der Waals surface area contributed by atoms with Crippen LogP contribution in [0.1, 0.15) is 43.4 Å². The number of nitrogens with two attached hydrogens (primary N) is 1. The van der Waals surface area contributed by atoms with Gasteiger partial charge in [0.25, 0.3) is 0 Å². The molecule has 0 fully saturated rings. The Labute approximate surface area is 197 Å². The summed E-state index contributed by atoms with van der Waals surface area (Å²) in [4.78, 5) is 28.7. The van der Waals surface area contributed by atoms with Crippen LogP contribution >= 0.6 is 0 Å². The van der Waals surface area contributed by atoms with E-state index in [0.717, 1.165) is 27.9 Å². The van der Waals surface area contributed by atoms with Gasteiger partial charge in [0.2, 0.25) is 15.8 Å². The van der Waals surface area contributed by atoms with E-state index < -0.39 is 22.6 Å². The van der Waals surface area contributed by atoms with Gasteiger partial charge in [-0.05, 0) is 81.8 Å². The summed E-state index contributed by atoms with van der Waals surface area (Å²) < 4.78 is 30.1. The van der Waals surface area contributed by atoms with Crippen LogP contribution in [-0.2, 0) is 14.8 Å². The summed E-state index contributed by atoms with van der Waals surface area (Å²) in [7, 11) is -3.80. The Morgan fingerprint density at radius 2 is 1.68 bits per heavy atom. The summed E-state index contributed by atoms with van der Waals surface area (Å²) >= 11 is 0. The van der Waals surface area contributed by atoms with Crippen molar-refractivity contribution in [2.24, 2.45) is 5.14 Å². The number of benzene rings is 2. The molecular formula is C25H25N3O5S. The van der Waals surface area contributed by atoms with Gasteiger partial charge in [-0.2, -0.15) is 0 Å². The second-order valence-electron chi connectivity index (χ2n) is 8.29. The number of H-pyrrole nitrogens is 1. The van der Waals surface area contributed by atoms with E-state index in [9.17, 15) is 18.0 Å². The number of rotatable bonds is 6. The van der Waals surface area contributed by atoms with Gasteiger partial charge >= 0.3 is 5.97 Å². The van der Waals surface area contributed by atoms with Crippen LogP contribution in [-0.4, -0.2) is 36.3 Å². The number of carbonyl (C=O) groups is 2. The van der Waals surface area contributed by atoms with E-state index in [1.165, 1.54) is 12.1 Å². The van der Waals surface area contributed by atoms with Gasteiger partial charge in [-0.25, -0.2) is 18.4 Å². The van der Waals surface area contributed by atoms with Crippen LogP contribution in [0.15, 0.2) is 53.4 Å². The molecule has 34 heavy (non-hydrogen) atoms. The van der Waals surface area contributed by atoms with Gasteiger partial charge in [-0.1, -0.05) is 0 Å². The van der Waals surface area contributed by atoms with Gasteiger partial charge < -0.3 is 14.3 Å². The molecule has 8 nitrogen and oxygen atoms in total. The van der Waals surface area contributed by atoms with Crippen LogP contribution < -0.4 is 5.14 Å². The van der Waals surface area contributed by atoms with E-state index in [-0.39, 0.29) is 10.7 Å². The molecule has 0 amide bonds. The molecule has 0 saturated carbocycles. The predicted octanol–water partition coefficient (Wildman–Crippen LogP) is 3.88. The number of hydrogen-bond acceptors (Lipinski definition) is 5. The molecule has 176 valence electrons. The molecule has 0 unspecified atom stereocenters. The molecule has 2 aromatic carbocycles. The number of sulfonamides is 1. The highest BCUT2D eigenvalue weighted by molar-refractivity contribution is 7.89. The molecule has 0 bridgehead atoms. The molecule has 0 saturated heterocycles. The largest absolute Gasteiger partial charge is 0.454 e. The highest BCUT2D eigenvalue weighted by Crippen LogP contribution is 2.24. The first-order valence-corrected chi connectivity index (χ1v) is 12.1. The number of fused-ring (bicyclic) bond motifs is 1. The quantitative estimate of drug-likeness (QED) is 0.321. The molecule has 0 atom stereocenters. The molecule has 4 aromatic rings. The van der Waals surface area contributed by atoms with Crippen molar-refractivity contribution in [1.82, 2.24) is 9.55 Å². The SMILES string of the molecule is Cc1[nH]c2ccc(C(=O)OCC(=O)c3cc(C)n(-c4ccc(S(N)(=O)=O)cc4)c3C)cc2c1C. The van der Waals surface area contributed by atoms with E-state index in [4.69, 9.17) is 9.88 Å². The minimum Gasteiger partial charge on any atom is -0.454 e. The minimum atomic E-state index is -3.80. The number of esters is 1. The van der Waals surface area contributed by atoms with E-state index in [1.807, 2.05) is 31.4 Å². The number of aromatic nitrogens is 2. The lowest BCUT2D eigenvalue weighted by Gasteiger charge is -2.11. The van der Waals surface area contributed by atoms with Crippen molar-refractivity contribution in [3.63, 3.8) is 0 Å². The van der Waals surface area contributed by atoms with Crippen LogP contribution in [0.5, 0.6) is 0 Å². The fourth-order valence-electron chi connectivity index (χ4n) is 4.11. The van der Waals surface area contributed by atoms with Crippen LogP contribution in [0.2, 0.25) is 0 Å². The third kappa shape index (κ3) is 4.27. The Morgan fingerprint density at radius 3 is 2.32 bits per heavy atom. The van der Waals surface area contributed by atoms with Crippen LogP contribution in [0, 0.1) is 27.7 Å². The molecule has 9 heteroatoms. The zero-order valence-corrected chi connectivity index (χ0v) is 20.1. The van der Waals surface area contributed by atoms with Crippen molar-refractivity contribution in [3.8, 4) is 5.69 Å². The fraction of sp³-hybridized carbons (Fsp3) is 0.200.